The van der Waals surface area contributed by atoms with Gasteiger partial charge in [-0.25, -0.2) is 8.78 Å². The highest BCUT2D eigenvalue weighted by molar-refractivity contribution is 5.99. The van der Waals surface area contributed by atoms with Crippen molar-refractivity contribution in [3.05, 3.63) is 52.6 Å². The van der Waals surface area contributed by atoms with Crippen molar-refractivity contribution in [1.82, 2.24) is 20.2 Å². The molecule has 2 aromatic heterocycles. The third-order valence-electron chi connectivity index (χ3n) is 5.03. The first-order chi connectivity index (χ1) is 14.1. The summed E-state index contributed by atoms with van der Waals surface area (Å²) in [5, 5.41) is 2.56. The van der Waals surface area contributed by atoms with Crippen LogP contribution in [0.15, 0.2) is 24.5 Å². The maximum atomic E-state index is 13.0. The van der Waals surface area contributed by atoms with Gasteiger partial charge < -0.3 is 15.0 Å². The SMILES string of the molecule is CNC(=O)Cc1nccc2c1CN(C(C)c1cc(C)c(OCC(C)(F)F)cn1)C2=O. The number of carbonyl (C=O) groups excluding carboxylic acids is 2. The molecule has 0 bridgehead atoms. The smallest absolute Gasteiger partial charge is 0.278 e. The Labute approximate surface area is 173 Å². The van der Waals surface area contributed by atoms with E-state index in [-0.39, 0.29) is 30.0 Å². The minimum absolute atomic E-state index is 0.0978. The Bertz CT molecular complexity index is 975. The van der Waals surface area contributed by atoms with Crippen LogP contribution in [0, 0.1) is 6.92 Å². The van der Waals surface area contributed by atoms with Crippen LogP contribution in [0.25, 0.3) is 0 Å². The first-order valence-corrected chi connectivity index (χ1v) is 9.56. The fourth-order valence-electron chi connectivity index (χ4n) is 3.32. The van der Waals surface area contributed by atoms with Crippen LogP contribution in [0.1, 0.15) is 52.8 Å². The predicted molar refractivity (Wildman–Crippen MR) is 105 cm³/mol. The first-order valence-electron chi connectivity index (χ1n) is 9.56. The van der Waals surface area contributed by atoms with E-state index < -0.39 is 12.5 Å². The Morgan fingerprint density at radius 3 is 2.77 bits per heavy atom. The average Bonchev–Trinajstić information content (AvgIpc) is 3.03. The second-order valence-electron chi connectivity index (χ2n) is 7.48. The number of carbonyl (C=O) groups is 2. The van der Waals surface area contributed by atoms with Crippen molar-refractivity contribution in [2.45, 2.75) is 45.7 Å². The quantitative estimate of drug-likeness (QED) is 0.748. The summed E-state index contributed by atoms with van der Waals surface area (Å²) in [6, 6.07) is 3.02. The minimum atomic E-state index is -2.94. The van der Waals surface area contributed by atoms with Crippen molar-refractivity contribution in [2.75, 3.05) is 13.7 Å². The van der Waals surface area contributed by atoms with E-state index in [1.54, 1.807) is 31.0 Å². The number of likely N-dealkylation sites (N-methyl/N-ethyl adjacent to an activating group) is 1. The maximum absolute atomic E-state index is 13.0. The molecule has 30 heavy (non-hydrogen) atoms. The van der Waals surface area contributed by atoms with Crippen molar-refractivity contribution in [1.29, 1.82) is 0 Å². The van der Waals surface area contributed by atoms with Gasteiger partial charge in [0.25, 0.3) is 11.8 Å². The van der Waals surface area contributed by atoms with Crippen LogP contribution in [0.4, 0.5) is 8.78 Å². The molecule has 0 aromatic carbocycles. The Morgan fingerprint density at radius 2 is 2.13 bits per heavy atom. The fourth-order valence-corrected chi connectivity index (χ4v) is 3.32. The molecule has 3 rings (SSSR count). The number of alkyl halides is 2. The number of rotatable bonds is 7. The number of aryl methyl sites for hydroxylation is 1. The normalized spacial score (nSPS) is 14.5. The molecule has 0 spiro atoms. The van der Waals surface area contributed by atoms with E-state index in [0.29, 0.717) is 29.1 Å². The molecule has 1 atom stereocenters. The molecule has 9 heteroatoms. The van der Waals surface area contributed by atoms with Gasteiger partial charge in [0.15, 0.2) is 6.61 Å². The van der Waals surface area contributed by atoms with Gasteiger partial charge in [-0.3, -0.25) is 19.6 Å². The van der Waals surface area contributed by atoms with Crippen LogP contribution >= 0.6 is 0 Å². The minimum Gasteiger partial charge on any atom is -0.485 e. The van der Waals surface area contributed by atoms with Crippen molar-refractivity contribution >= 4 is 11.8 Å². The summed E-state index contributed by atoms with van der Waals surface area (Å²) in [5.74, 6) is -3.00. The lowest BCUT2D eigenvalue weighted by Crippen LogP contribution is -2.28. The molecule has 2 amide bonds. The molecule has 1 unspecified atom stereocenters. The van der Waals surface area contributed by atoms with Gasteiger partial charge >= 0.3 is 0 Å². The summed E-state index contributed by atoms with van der Waals surface area (Å²) in [6.07, 6.45) is 3.03. The van der Waals surface area contributed by atoms with Gasteiger partial charge in [0, 0.05) is 37.8 Å². The molecule has 0 aliphatic carbocycles. The number of nitrogens with one attached hydrogen (secondary N) is 1. The molecule has 0 fully saturated rings. The molecule has 7 nitrogen and oxygen atoms in total. The van der Waals surface area contributed by atoms with Crippen molar-refractivity contribution in [2.24, 2.45) is 0 Å². The number of amides is 2. The molecule has 2 aromatic rings. The Kier molecular flexibility index (Phi) is 6.00. The van der Waals surface area contributed by atoms with Gasteiger partial charge in [-0.2, -0.15) is 0 Å². The van der Waals surface area contributed by atoms with Crippen molar-refractivity contribution in [3.63, 3.8) is 0 Å². The highest BCUT2D eigenvalue weighted by Crippen LogP contribution is 2.33. The van der Waals surface area contributed by atoms with Crippen LogP contribution in [-0.4, -0.2) is 46.3 Å². The van der Waals surface area contributed by atoms with Gasteiger partial charge in [0.05, 0.1) is 30.0 Å². The predicted octanol–water partition coefficient (Wildman–Crippen LogP) is 2.82. The lowest BCUT2D eigenvalue weighted by molar-refractivity contribution is -0.120. The zero-order valence-corrected chi connectivity index (χ0v) is 17.3. The van der Waals surface area contributed by atoms with Gasteiger partial charge in [-0.05, 0) is 31.5 Å². The molecule has 1 aliphatic heterocycles. The maximum Gasteiger partial charge on any atom is 0.278 e. The van der Waals surface area contributed by atoms with E-state index in [0.717, 1.165) is 12.5 Å². The number of hydrogen-bond donors (Lipinski definition) is 1. The number of aromatic nitrogens is 2. The lowest BCUT2D eigenvalue weighted by atomic mass is 10.1. The van der Waals surface area contributed by atoms with E-state index >= 15 is 0 Å². The first kappa shape index (κ1) is 21.6. The molecular formula is C21H24F2N4O3. The highest BCUT2D eigenvalue weighted by Gasteiger charge is 2.34. The zero-order valence-electron chi connectivity index (χ0n) is 17.3. The van der Waals surface area contributed by atoms with E-state index in [1.807, 2.05) is 6.92 Å². The molecule has 0 radical (unpaired) electrons. The van der Waals surface area contributed by atoms with Crippen molar-refractivity contribution < 1.29 is 23.1 Å². The third kappa shape index (κ3) is 4.55. The van der Waals surface area contributed by atoms with E-state index in [1.165, 1.54) is 12.4 Å². The van der Waals surface area contributed by atoms with E-state index in [2.05, 4.69) is 15.3 Å². The van der Waals surface area contributed by atoms with Gasteiger partial charge in [0.1, 0.15) is 5.75 Å². The van der Waals surface area contributed by atoms with E-state index in [9.17, 15) is 18.4 Å². The number of pyridine rings is 2. The van der Waals surface area contributed by atoms with Gasteiger partial charge in [-0.1, -0.05) is 0 Å². The van der Waals surface area contributed by atoms with Crippen molar-refractivity contribution in [3.8, 4) is 5.75 Å². The summed E-state index contributed by atoms with van der Waals surface area (Å²) in [4.78, 5) is 35.0. The topological polar surface area (TPSA) is 84.4 Å². The molecule has 160 valence electrons. The number of nitrogens with zero attached hydrogens (tertiary/aromatic N) is 3. The third-order valence-corrected chi connectivity index (χ3v) is 5.03. The summed E-state index contributed by atoms with van der Waals surface area (Å²) >= 11 is 0. The summed E-state index contributed by atoms with van der Waals surface area (Å²) in [7, 11) is 1.55. The standard InChI is InChI=1S/C21H24F2N4O3/c1-12-7-16(26-9-18(12)30-11-21(3,22)23)13(2)27-10-15-14(20(27)29)5-6-25-17(15)8-19(28)24-4/h5-7,9,13H,8,10-11H2,1-4H3,(H,24,28). The zero-order chi connectivity index (χ0) is 22.1. The molecular weight excluding hydrogens is 394 g/mol. The number of hydrogen-bond acceptors (Lipinski definition) is 5. The number of halogens is 2. The Balaban J connectivity index is 1.80. The summed E-state index contributed by atoms with van der Waals surface area (Å²) < 4.78 is 31.2. The molecule has 0 saturated carbocycles. The van der Waals surface area contributed by atoms with Gasteiger partial charge in [0.2, 0.25) is 5.91 Å². The van der Waals surface area contributed by atoms with E-state index in [4.69, 9.17) is 4.74 Å². The second-order valence-corrected chi connectivity index (χ2v) is 7.48. The Morgan fingerprint density at radius 1 is 1.40 bits per heavy atom. The van der Waals surface area contributed by atoms with Gasteiger partial charge in [-0.15, -0.1) is 0 Å². The highest BCUT2D eigenvalue weighted by atomic mass is 19.3. The monoisotopic (exact) mass is 418 g/mol. The van der Waals surface area contributed by atoms with Crippen LogP contribution in [0.3, 0.4) is 0 Å². The van der Waals surface area contributed by atoms with Crippen LogP contribution in [0.5, 0.6) is 5.75 Å². The number of fused-ring (bicyclic) bond motifs is 1. The molecule has 3 heterocycles. The largest absolute Gasteiger partial charge is 0.485 e. The summed E-state index contributed by atoms with van der Waals surface area (Å²) in [6.45, 7) is 3.96. The molecule has 1 aliphatic rings. The van der Waals surface area contributed by atoms with Crippen LogP contribution in [-0.2, 0) is 17.8 Å². The summed E-state index contributed by atoms with van der Waals surface area (Å²) in [5.41, 5.74) is 3.10. The van der Waals surface area contributed by atoms with Crippen LogP contribution in [0.2, 0.25) is 0 Å². The number of ether oxygens (including phenoxy) is 1. The average molecular weight is 418 g/mol. The fraction of sp³-hybridized carbons (Fsp3) is 0.429. The molecule has 0 saturated heterocycles. The molecule has 1 N–H and O–H groups in total. The lowest BCUT2D eigenvalue weighted by Gasteiger charge is -2.24. The second kappa shape index (κ2) is 8.33. The Hall–Kier alpha value is -3.10. The van der Waals surface area contributed by atoms with Crippen LogP contribution < -0.4 is 10.1 Å².